The summed E-state index contributed by atoms with van der Waals surface area (Å²) in [5, 5.41) is 2.22. The Bertz CT molecular complexity index is 1040. The van der Waals surface area contributed by atoms with Crippen LogP contribution in [0.25, 0.3) is 0 Å². The molecule has 1 atom stereocenters. The lowest BCUT2D eigenvalue weighted by molar-refractivity contribution is -0.136. The van der Waals surface area contributed by atoms with E-state index >= 15 is 0 Å². The number of benzene rings is 1. The predicted molar refractivity (Wildman–Crippen MR) is 99.4 cm³/mol. The molecule has 0 bridgehead atoms. The zero-order valence-electron chi connectivity index (χ0n) is 15.7. The topological polar surface area (TPSA) is 110 Å². The summed E-state index contributed by atoms with van der Waals surface area (Å²) in [6.07, 6.45) is 1.93. The van der Waals surface area contributed by atoms with Crippen LogP contribution in [0.4, 0.5) is 4.39 Å². The number of fused-ring (bicyclic) bond motifs is 1. The van der Waals surface area contributed by atoms with E-state index in [1.165, 1.54) is 11.0 Å². The van der Waals surface area contributed by atoms with Gasteiger partial charge < -0.3 is 4.90 Å². The van der Waals surface area contributed by atoms with Gasteiger partial charge in [-0.3, -0.25) is 23.9 Å². The Morgan fingerprint density at radius 2 is 2.07 bits per heavy atom. The number of unbranched alkanes of at least 4 members (excludes halogenated alkanes) is 1. The molecule has 0 spiro atoms. The average Bonchev–Trinajstić information content (AvgIpc) is 2.95. The van der Waals surface area contributed by atoms with Crippen LogP contribution in [0.5, 0.6) is 0 Å². The Balaban J connectivity index is 1.74. The van der Waals surface area contributed by atoms with Crippen molar-refractivity contribution in [1.29, 1.82) is 0 Å². The highest BCUT2D eigenvalue weighted by molar-refractivity contribution is 7.85. The molecule has 10 heteroatoms. The minimum Gasteiger partial charge on any atom is -0.322 e. The SMILES string of the molecule is CS(=O)(=O)OCCCC#Cc1c(F)ccc2c1CN(C1CCC(=O)NC1=O)C2=O. The van der Waals surface area contributed by atoms with Gasteiger partial charge in [-0.05, 0) is 25.0 Å². The molecule has 2 heterocycles. The van der Waals surface area contributed by atoms with E-state index in [0.717, 1.165) is 12.3 Å². The summed E-state index contributed by atoms with van der Waals surface area (Å²) in [4.78, 5) is 37.5. The smallest absolute Gasteiger partial charge is 0.264 e. The van der Waals surface area contributed by atoms with Gasteiger partial charge in [0.1, 0.15) is 11.9 Å². The standard InChI is InChI=1S/C19H19FN2O6S/c1-29(26,27)28-10-4-2-3-5-12-14-11-22(16-8-9-17(23)21-18(16)24)19(25)13(14)6-7-15(12)20/h6-7,16H,2,4,8-11H2,1H3,(H,21,23,24). The molecule has 1 N–H and O–H groups in total. The second-order valence-electron chi connectivity index (χ2n) is 6.78. The Morgan fingerprint density at radius 3 is 2.76 bits per heavy atom. The van der Waals surface area contributed by atoms with Gasteiger partial charge in [0.15, 0.2) is 0 Å². The number of carbonyl (C=O) groups is 3. The number of imide groups is 1. The number of rotatable bonds is 5. The van der Waals surface area contributed by atoms with Gasteiger partial charge in [-0.1, -0.05) is 11.8 Å². The van der Waals surface area contributed by atoms with Crippen LogP contribution in [-0.2, 0) is 30.4 Å². The molecule has 2 aliphatic heterocycles. The van der Waals surface area contributed by atoms with Crippen molar-refractivity contribution in [2.75, 3.05) is 12.9 Å². The first-order valence-electron chi connectivity index (χ1n) is 8.96. The van der Waals surface area contributed by atoms with Crippen molar-refractivity contribution >= 4 is 27.8 Å². The number of halogens is 1. The van der Waals surface area contributed by atoms with Crippen LogP contribution in [0.3, 0.4) is 0 Å². The highest BCUT2D eigenvalue weighted by Gasteiger charge is 2.40. The largest absolute Gasteiger partial charge is 0.322 e. The molecule has 1 aromatic rings. The summed E-state index contributed by atoms with van der Waals surface area (Å²) in [5.41, 5.74) is 0.759. The highest BCUT2D eigenvalue weighted by Crippen LogP contribution is 2.30. The molecule has 1 aromatic carbocycles. The first-order chi connectivity index (χ1) is 13.7. The van der Waals surface area contributed by atoms with Crippen LogP contribution in [0.1, 0.15) is 47.2 Å². The van der Waals surface area contributed by atoms with Crippen LogP contribution in [0, 0.1) is 17.7 Å². The van der Waals surface area contributed by atoms with Crippen molar-refractivity contribution in [3.63, 3.8) is 0 Å². The van der Waals surface area contributed by atoms with Crippen LogP contribution in [-0.4, -0.2) is 49.9 Å². The maximum Gasteiger partial charge on any atom is 0.264 e. The molecule has 0 saturated carbocycles. The third-order valence-electron chi connectivity index (χ3n) is 4.63. The van der Waals surface area contributed by atoms with Gasteiger partial charge in [0.2, 0.25) is 11.8 Å². The molecule has 29 heavy (non-hydrogen) atoms. The number of hydrogen-bond donors (Lipinski definition) is 1. The van der Waals surface area contributed by atoms with E-state index in [9.17, 15) is 27.2 Å². The van der Waals surface area contributed by atoms with Gasteiger partial charge in [0.25, 0.3) is 16.0 Å². The number of piperidine rings is 1. The van der Waals surface area contributed by atoms with E-state index in [1.807, 2.05) is 0 Å². The summed E-state index contributed by atoms with van der Waals surface area (Å²) in [5.74, 6) is 3.57. The maximum atomic E-state index is 14.3. The van der Waals surface area contributed by atoms with Crippen LogP contribution in [0.2, 0.25) is 0 Å². The van der Waals surface area contributed by atoms with E-state index in [4.69, 9.17) is 0 Å². The molecular formula is C19H19FN2O6S. The fraction of sp³-hybridized carbons (Fsp3) is 0.421. The molecule has 2 aliphatic rings. The second-order valence-corrected chi connectivity index (χ2v) is 8.42. The van der Waals surface area contributed by atoms with Gasteiger partial charge in [0.05, 0.1) is 18.4 Å². The summed E-state index contributed by atoms with van der Waals surface area (Å²) < 4.78 is 40.7. The van der Waals surface area contributed by atoms with E-state index < -0.39 is 33.8 Å². The fourth-order valence-electron chi connectivity index (χ4n) is 3.27. The van der Waals surface area contributed by atoms with E-state index in [2.05, 4.69) is 21.3 Å². The average molecular weight is 422 g/mol. The zero-order valence-corrected chi connectivity index (χ0v) is 16.5. The van der Waals surface area contributed by atoms with Crippen molar-refractivity contribution in [3.8, 4) is 11.8 Å². The lowest BCUT2D eigenvalue weighted by Gasteiger charge is -2.29. The monoisotopic (exact) mass is 422 g/mol. The summed E-state index contributed by atoms with van der Waals surface area (Å²) >= 11 is 0. The number of hydrogen-bond acceptors (Lipinski definition) is 6. The van der Waals surface area contributed by atoms with E-state index in [1.54, 1.807) is 0 Å². The Kier molecular flexibility index (Phi) is 6.00. The van der Waals surface area contributed by atoms with E-state index in [-0.39, 0.29) is 49.4 Å². The Morgan fingerprint density at radius 1 is 1.31 bits per heavy atom. The van der Waals surface area contributed by atoms with Crippen LogP contribution < -0.4 is 5.32 Å². The first kappa shape index (κ1) is 21.0. The quantitative estimate of drug-likeness (QED) is 0.324. The summed E-state index contributed by atoms with van der Waals surface area (Å²) in [6, 6.07) is 1.73. The molecule has 3 amide bonds. The fourth-order valence-corrected chi connectivity index (χ4v) is 3.69. The number of nitrogens with one attached hydrogen (secondary N) is 1. The van der Waals surface area contributed by atoms with Gasteiger partial charge in [-0.2, -0.15) is 8.42 Å². The molecule has 8 nitrogen and oxygen atoms in total. The lowest BCUT2D eigenvalue weighted by atomic mass is 10.0. The molecular weight excluding hydrogens is 403 g/mol. The van der Waals surface area contributed by atoms with Crippen LogP contribution in [0.15, 0.2) is 12.1 Å². The molecule has 0 radical (unpaired) electrons. The third kappa shape index (κ3) is 4.81. The van der Waals surface area contributed by atoms with E-state index in [0.29, 0.717) is 12.0 Å². The minimum absolute atomic E-state index is 0.0231. The number of carbonyl (C=O) groups excluding carboxylic acids is 3. The normalized spacial score (nSPS) is 18.9. The molecule has 0 aliphatic carbocycles. The Hall–Kier alpha value is -2.77. The van der Waals surface area contributed by atoms with Crippen molar-refractivity contribution in [2.45, 2.75) is 38.3 Å². The third-order valence-corrected chi connectivity index (χ3v) is 5.22. The summed E-state index contributed by atoms with van der Waals surface area (Å²) in [6.45, 7) is 0.00404. The van der Waals surface area contributed by atoms with Crippen LogP contribution >= 0.6 is 0 Å². The first-order valence-corrected chi connectivity index (χ1v) is 10.8. The predicted octanol–water partition coefficient (Wildman–Crippen LogP) is 0.695. The number of nitrogens with zero attached hydrogens (tertiary/aromatic N) is 1. The zero-order chi connectivity index (χ0) is 21.2. The highest BCUT2D eigenvalue weighted by atomic mass is 32.2. The molecule has 0 aromatic heterocycles. The van der Waals surface area contributed by atoms with Crippen molar-refractivity contribution in [2.24, 2.45) is 0 Å². The van der Waals surface area contributed by atoms with Crippen molar-refractivity contribution < 1.29 is 31.4 Å². The molecule has 154 valence electrons. The second kappa shape index (κ2) is 8.31. The Labute approximate surface area is 167 Å². The van der Waals surface area contributed by atoms with Gasteiger partial charge in [0, 0.05) is 30.5 Å². The van der Waals surface area contributed by atoms with Crippen molar-refractivity contribution in [1.82, 2.24) is 10.2 Å². The maximum absolute atomic E-state index is 14.3. The van der Waals surface area contributed by atoms with Gasteiger partial charge in [-0.25, -0.2) is 4.39 Å². The van der Waals surface area contributed by atoms with Crippen molar-refractivity contribution in [3.05, 3.63) is 34.6 Å². The molecule has 1 fully saturated rings. The lowest BCUT2D eigenvalue weighted by Crippen LogP contribution is -2.52. The number of amides is 3. The summed E-state index contributed by atoms with van der Waals surface area (Å²) in [7, 11) is -3.51. The molecule has 3 rings (SSSR count). The molecule has 1 saturated heterocycles. The van der Waals surface area contributed by atoms with Gasteiger partial charge in [-0.15, -0.1) is 0 Å². The molecule has 1 unspecified atom stereocenters. The van der Waals surface area contributed by atoms with Gasteiger partial charge >= 0.3 is 0 Å². The minimum atomic E-state index is -3.51.